The molecule has 58 heavy (non-hydrogen) atoms. The molecular formula is C44H40BBrN6O6. The first kappa shape index (κ1) is 43.6. The third-order valence-electron chi connectivity index (χ3n) is 8.36. The highest BCUT2D eigenvalue weighted by atomic mass is 79.9. The van der Waals surface area contributed by atoms with Gasteiger partial charge in [-0.2, -0.15) is 10.5 Å². The Labute approximate surface area is 345 Å². The van der Waals surface area contributed by atoms with Gasteiger partial charge in [-0.15, -0.1) is 0 Å². The number of anilines is 2. The van der Waals surface area contributed by atoms with Gasteiger partial charge in [0.25, 0.3) is 0 Å². The fourth-order valence-corrected chi connectivity index (χ4v) is 6.19. The molecule has 0 aliphatic carbocycles. The number of primary amides is 2. The summed E-state index contributed by atoms with van der Waals surface area (Å²) in [7, 11) is 1.78. The Morgan fingerprint density at radius 3 is 1.57 bits per heavy atom. The Balaban J connectivity index is 0.000000210. The zero-order chi connectivity index (χ0) is 42.0. The van der Waals surface area contributed by atoms with E-state index in [9.17, 15) is 9.59 Å². The molecule has 0 radical (unpaired) electrons. The number of nitriles is 2. The molecule has 6 rings (SSSR count). The number of urea groups is 2. The number of halogens is 1. The van der Waals surface area contributed by atoms with Crippen molar-refractivity contribution in [3.63, 3.8) is 0 Å². The maximum atomic E-state index is 10.9. The van der Waals surface area contributed by atoms with E-state index in [0.717, 1.165) is 56.6 Å². The van der Waals surface area contributed by atoms with E-state index in [1.807, 2.05) is 103 Å². The minimum atomic E-state index is -1.50. The maximum Gasteiger partial charge on any atom is 0.488 e. The average molecular weight is 840 g/mol. The molecule has 8 N–H and O–H groups in total. The zero-order valence-electron chi connectivity index (χ0n) is 31.6. The van der Waals surface area contributed by atoms with Crippen LogP contribution < -0.4 is 37.0 Å². The molecular weight excluding hydrogens is 799 g/mol. The van der Waals surface area contributed by atoms with Gasteiger partial charge in [0.2, 0.25) is 0 Å². The number of carbonyl (C=O) groups is 2. The van der Waals surface area contributed by atoms with Gasteiger partial charge in [0.05, 0.1) is 42.0 Å². The summed E-state index contributed by atoms with van der Waals surface area (Å²) in [4.78, 5) is 21.6. The molecule has 4 amide bonds. The van der Waals surface area contributed by atoms with Crippen LogP contribution in [0.25, 0.3) is 11.1 Å². The number of ether oxygens (including phenoxy) is 2. The summed E-state index contributed by atoms with van der Waals surface area (Å²) in [5.41, 5.74) is 19.3. The van der Waals surface area contributed by atoms with Gasteiger partial charge in [-0.25, -0.2) is 9.59 Å². The fourth-order valence-electron chi connectivity index (χ4n) is 5.60. The molecule has 0 fully saturated rings. The molecule has 0 spiro atoms. The predicted octanol–water partition coefficient (Wildman–Crippen LogP) is 7.09. The Kier molecular flexibility index (Phi) is 16.4. The second-order valence-electron chi connectivity index (χ2n) is 12.5. The lowest BCUT2D eigenvalue weighted by molar-refractivity contribution is 0.258. The zero-order valence-corrected chi connectivity index (χ0v) is 33.2. The Bertz CT molecular complexity index is 2420. The van der Waals surface area contributed by atoms with Crippen LogP contribution >= 0.6 is 15.9 Å². The van der Waals surface area contributed by atoms with Crippen LogP contribution in [0.4, 0.5) is 21.0 Å². The molecule has 0 heterocycles. The average Bonchev–Trinajstić information content (AvgIpc) is 3.22. The van der Waals surface area contributed by atoms with Crippen molar-refractivity contribution < 1.29 is 29.1 Å². The number of rotatable bonds is 10. The Morgan fingerprint density at radius 2 is 1.10 bits per heavy atom. The van der Waals surface area contributed by atoms with Crippen LogP contribution in [-0.4, -0.2) is 43.4 Å². The van der Waals surface area contributed by atoms with E-state index in [1.54, 1.807) is 38.5 Å². The van der Waals surface area contributed by atoms with E-state index in [4.69, 9.17) is 41.5 Å². The second kappa shape index (κ2) is 21.9. The minimum Gasteiger partial charge on any atom is -0.496 e. The number of nitrogens with two attached hydrogens (primary N) is 2. The van der Waals surface area contributed by atoms with E-state index in [2.05, 4.69) is 38.7 Å². The van der Waals surface area contributed by atoms with Gasteiger partial charge in [0, 0.05) is 16.9 Å². The normalized spacial score (nSPS) is 9.84. The van der Waals surface area contributed by atoms with Crippen LogP contribution in [-0.2, 0) is 12.8 Å². The van der Waals surface area contributed by atoms with Gasteiger partial charge in [0.1, 0.15) is 11.5 Å². The summed E-state index contributed by atoms with van der Waals surface area (Å²) in [6, 6.07) is 43.7. The smallest absolute Gasteiger partial charge is 0.488 e. The molecule has 0 aliphatic heterocycles. The van der Waals surface area contributed by atoms with Crippen molar-refractivity contribution in [2.45, 2.75) is 12.8 Å². The van der Waals surface area contributed by atoms with Gasteiger partial charge in [0.15, 0.2) is 0 Å². The van der Waals surface area contributed by atoms with E-state index in [1.165, 1.54) is 11.6 Å². The van der Waals surface area contributed by atoms with Crippen LogP contribution in [0, 0.1) is 22.7 Å². The van der Waals surface area contributed by atoms with Crippen LogP contribution in [0.15, 0.2) is 138 Å². The first-order valence-electron chi connectivity index (χ1n) is 17.6. The topological polar surface area (TPSA) is 217 Å². The number of nitrogens with one attached hydrogen (secondary N) is 2. The molecule has 0 saturated heterocycles. The number of methoxy groups -OCH3 is 2. The quantitative estimate of drug-likeness (QED) is 0.0781. The van der Waals surface area contributed by atoms with Gasteiger partial charge in [-0.05, 0) is 135 Å². The van der Waals surface area contributed by atoms with Crippen molar-refractivity contribution in [3.8, 4) is 34.8 Å². The summed E-state index contributed by atoms with van der Waals surface area (Å²) in [5, 5.41) is 40.0. The molecule has 0 atom stereocenters. The third-order valence-corrected chi connectivity index (χ3v) is 8.98. The number of nitrogens with zero attached hydrogens (tertiary/aromatic N) is 2. The third kappa shape index (κ3) is 13.6. The number of hydrogen-bond donors (Lipinski definition) is 6. The van der Waals surface area contributed by atoms with E-state index in [0.29, 0.717) is 28.0 Å². The molecule has 0 aliphatic rings. The minimum absolute atomic E-state index is 0.337. The predicted molar refractivity (Wildman–Crippen MR) is 230 cm³/mol. The summed E-state index contributed by atoms with van der Waals surface area (Å²) >= 11 is 3.47. The first-order valence-corrected chi connectivity index (χ1v) is 18.4. The molecule has 6 aromatic carbocycles. The largest absolute Gasteiger partial charge is 0.496 e. The van der Waals surface area contributed by atoms with Crippen LogP contribution in [0.5, 0.6) is 11.5 Å². The van der Waals surface area contributed by atoms with Crippen LogP contribution in [0.2, 0.25) is 0 Å². The van der Waals surface area contributed by atoms with E-state index in [-0.39, 0.29) is 0 Å². The molecule has 0 unspecified atom stereocenters. The van der Waals surface area contributed by atoms with Gasteiger partial charge >= 0.3 is 19.2 Å². The standard InChI is InChI=1S/C22H19N3O2.C15H15BrN2O2.C7H6BNO2/c1-27-21-10-7-16(11-15-5-8-19(9-6-15)25-22(24)26)13-20(21)18-4-2-3-17(12-18)14-23;1-20-14-7-4-11(9-13(14)16)8-10-2-5-12(6-3-10)18-15(17)19;9-5-6-2-1-3-7(4-6)8(10)11/h2-10,12-13H,11H2,1H3,(H3,24,25,26);2-7,9H,8H2,1H3,(H3,17,18,19);1-4,10-11H. The number of amides is 4. The van der Waals surface area contributed by atoms with Gasteiger partial charge in [-0.3, -0.25) is 0 Å². The lowest BCUT2D eigenvalue weighted by Crippen LogP contribution is -2.29. The van der Waals surface area contributed by atoms with Gasteiger partial charge < -0.3 is 41.6 Å². The highest BCUT2D eigenvalue weighted by Gasteiger charge is 2.11. The van der Waals surface area contributed by atoms with E-state index < -0.39 is 19.2 Å². The maximum absolute atomic E-state index is 10.9. The second-order valence-corrected chi connectivity index (χ2v) is 13.4. The molecule has 292 valence electrons. The summed E-state index contributed by atoms with van der Waals surface area (Å²) in [5.74, 6) is 1.57. The fraction of sp³-hybridized carbons (Fsp3) is 0.0909. The lowest BCUT2D eigenvalue weighted by Gasteiger charge is -2.12. The number of benzene rings is 6. The lowest BCUT2D eigenvalue weighted by atomic mass is 9.80. The number of hydrogen-bond acceptors (Lipinski definition) is 8. The van der Waals surface area contributed by atoms with E-state index >= 15 is 0 Å². The molecule has 12 nitrogen and oxygen atoms in total. The molecule has 14 heteroatoms. The summed E-state index contributed by atoms with van der Waals surface area (Å²) < 4.78 is 11.6. The van der Waals surface area contributed by atoms with Crippen LogP contribution in [0.1, 0.15) is 33.4 Å². The monoisotopic (exact) mass is 838 g/mol. The van der Waals surface area contributed by atoms with Gasteiger partial charge in [-0.1, -0.05) is 60.7 Å². The summed E-state index contributed by atoms with van der Waals surface area (Å²) in [6.45, 7) is 0. The first-order chi connectivity index (χ1) is 27.9. The SMILES string of the molecule is COc1ccc(Cc2ccc(NC(N)=O)cc2)cc1-c1cccc(C#N)c1.COc1ccc(Cc2ccc(NC(N)=O)cc2)cc1Br.N#Cc1cccc(B(O)O)c1. The number of carbonyl (C=O) groups excluding carboxylic acids is 2. The molecule has 0 saturated carbocycles. The van der Waals surface area contributed by atoms with Crippen molar-refractivity contribution in [2.75, 3.05) is 24.9 Å². The van der Waals surface area contributed by atoms with Crippen molar-refractivity contribution in [2.24, 2.45) is 11.5 Å². The van der Waals surface area contributed by atoms with Crippen molar-refractivity contribution in [1.82, 2.24) is 0 Å². The van der Waals surface area contributed by atoms with Crippen molar-refractivity contribution in [1.29, 1.82) is 10.5 Å². The highest BCUT2D eigenvalue weighted by Crippen LogP contribution is 2.32. The molecule has 6 aromatic rings. The Hall–Kier alpha value is -7.10. The molecule has 0 aromatic heterocycles. The molecule has 0 bridgehead atoms. The Morgan fingerprint density at radius 1 is 0.638 bits per heavy atom. The van der Waals surface area contributed by atoms with Crippen LogP contribution in [0.3, 0.4) is 0 Å². The van der Waals surface area contributed by atoms with Crippen molar-refractivity contribution >= 4 is 51.9 Å². The van der Waals surface area contributed by atoms with Crippen molar-refractivity contribution in [3.05, 3.63) is 171 Å². The summed E-state index contributed by atoms with van der Waals surface area (Å²) in [6.07, 6.45) is 1.53. The highest BCUT2D eigenvalue weighted by molar-refractivity contribution is 9.10.